The van der Waals surface area contributed by atoms with Gasteiger partial charge in [-0.3, -0.25) is 9.69 Å². The lowest BCUT2D eigenvalue weighted by molar-refractivity contribution is -0.118. The molecule has 1 aromatic carbocycles. The normalized spacial score (nSPS) is 23.3. The van der Waals surface area contributed by atoms with Crippen molar-refractivity contribution < 1.29 is 4.79 Å². The zero-order valence-corrected chi connectivity index (χ0v) is 13.3. The van der Waals surface area contributed by atoms with Gasteiger partial charge in [0.25, 0.3) is 0 Å². The largest absolute Gasteiger partial charge is 0.328 e. The van der Waals surface area contributed by atoms with Gasteiger partial charge in [-0.05, 0) is 43.4 Å². The molecule has 1 aliphatic rings. The number of carbonyl (C=O) groups excluding carboxylic acids is 1. The van der Waals surface area contributed by atoms with Gasteiger partial charge >= 0.3 is 0 Å². The minimum atomic E-state index is 0.0539. The Morgan fingerprint density at radius 2 is 2.24 bits per heavy atom. The van der Waals surface area contributed by atoms with Crippen LogP contribution in [0.5, 0.6) is 0 Å². The van der Waals surface area contributed by atoms with Crippen molar-refractivity contribution in [1.29, 1.82) is 0 Å². The predicted octanol–water partition coefficient (Wildman–Crippen LogP) is 2.56. The molecule has 4 nitrogen and oxygen atoms in total. The van der Waals surface area contributed by atoms with Crippen LogP contribution < -0.4 is 11.1 Å². The van der Waals surface area contributed by atoms with E-state index in [-0.39, 0.29) is 11.9 Å². The molecule has 0 spiro atoms. The number of rotatable bonds is 4. The van der Waals surface area contributed by atoms with Crippen molar-refractivity contribution in [3.05, 3.63) is 29.8 Å². The number of benzene rings is 1. The van der Waals surface area contributed by atoms with Gasteiger partial charge in [-0.25, -0.2) is 0 Å². The first kappa shape index (κ1) is 16.0. The van der Waals surface area contributed by atoms with Gasteiger partial charge in [-0.1, -0.05) is 26.0 Å². The number of nitrogens with two attached hydrogens (primary N) is 1. The second kappa shape index (κ2) is 7.05. The summed E-state index contributed by atoms with van der Waals surface area (Å²) in [4.78, 5) is 14.4. The minimum Gasteiger partial charge on any atom is -0.328 e. The van der Waals surface area contributed by atoms with Crippen molar-refractivity contribution in [2.75, 3.05) is 18.4 Å². The summed E-state index contributed by atoms with van der Waals surface area (Å²) in [6.07, 6.45) is 1.94. The number of hydrogen-bond acceptors (Lipinski definition) is 3. The van der Waals surface area contributed by atoms with Gasteiger partial charge in [-0.15, -0.1) is 0 Å². The predicted molar refractivity (Wildman–Crippen MR) is 87.4 cm³/mol. The van der Waals surface area contributed by atoms with Gasteiger partial charge in [0.15, 0.2) is 0 Å². The lowest BCUT2D eigenvalue weighted by atomic mass is 9.99. The molecule has 2 atom stereocenters. The standard InChI is InChI=1S/C17H27N3O/c1-12(2)14-5-4-6-16(10-14)19-17(21)11-20-8-7-15(18)9-13(20)3/h4-6,10,12-13,15H,7-9,11,18H2,1-3H3,(H,19,21). The van der Waals surface area contributed by atoms with E-state index in [0.29, 0.717) is 18.5 Å². The molecular formula is C17H27N3O. The Bertz CT molecular complexity index is 487. The molecule has 116 valence electrons. The van der Waals surface area contributed by atoms with Crippen molar-refractivity contribution in [3.8, 4) is 0 Å². The molecule has 2 unspecified atom stereocenters. The van der Waals surface area contributed by atoms with Crippen molar-refractivity contribution in [3.63, 3.8) is 0 Å². The Morgan fingerprint density at radius 3 is 2.90 bits per heavy atom. The van der Waals surface area contributed by atoms with E-state index < -0.39 is 0 Å². The number of nitrogens with one attached hydrogen (secondary N) is 1. The summed E-state index contributed by atoms with van der Waals surface area (Å²) in [6.45, 7) is 7.80. The average molecular weight is 289 g/mol. The van der Waals surface area contributed by atoms with E-state index in [4.69, 9.17) is 5.73 Å². The topological polar surface area (TPSA) is 58.4 Å². The van der Waals surface area contributed by atoms with E-state index in [2.05, 4.69) is 43.1 Å². The van der Waals surface area contributed by atoms with Crippen LogP contribution >= 0.6 is 0 Å². The molecule has 0 bridgehead atoms. The fraction of sp³-hybridized carbons (Fsp3) is 0.588. The lowest BCUT2D eigenvalue weighted by Crippen LogP contribution is -2.48. The molecule has 1 fully saturated rings. The molecule has 1 aliphatic heterocycles. The first-order valence-electron chi connectivity index (χ1n) is 7.85. The molecule has 1 heterocycles. The number of carbonyl (C=O) groups is 1. The van der Waals surface area contributed by atoms with Crippen LogP contribution in [-0.4, -0.2) is 36.0 Å². The Labute approximate surface area is 127 Å². The van der Waals surface area contributed by atoms with Crippen LogP contribution in [0.25, 0.3) is 0 Å². The first-order valence-corrected chi connectivity index (χ1v) is 7.85. The Balaban J connectivity index is 1.91. The molecule has 21 heavy (non-hydrogen) atoms. The van der Waals surface area contributed by atoms with E-state index in [0.717, 1.165) is 25.1 Å². The number of likely N-dealkylation sites (tertiary alicyclic amines) is 1. The molecule has 0 aliphatic carbocycles. The molecular weight excluding hydrogens is 262 g/mol. The molecule has 0 saturated carbocycles. The maximum Gasteiger partial charge on any atom is 0.238 e. The van der Waals surface area contributed by atoms with Crippen LogP contribution in [0.3, 0.4) is 0 Å². The van der Waals surface area contributed by atoms with Crippen molar-refractivity contribution >= 4 is 11.6 Å². The third-order valence-corrected chi connectivity index (χ3v) is 4.24. The molecule has 1 aromatic rings. The quantitative estimate of drug-likeness (QED) is 0.895. The smallest absolute Gasteiger partial charge is 0.238 e. The first-order chi connectivity index (χ1) is 9.95. The van der Waals surface area contributed by atoms with E-state index in [1.807, 2.05) is 12.1 Å². The van der Waals surface area contributed by atoms with Crippen molar-refractivity contribution in [2.24, 2.45) is 5.73 Å². The van der Waals surface area contributed by atoms with Crippen molar-refractivity contribution in [2.45, 2.75) is 51.6 Å². The van der Waals surface area contributed by atoms with E-state index in [1.165, 1.54) is 5.56 Å². The molecule has 0 aromatic heterocycles. The maximum absolute atomic E-state index is 12.2. The molecule has 1 saturated heterocycles. The second-order valence-electron chi connectivity index (χ2n) is 6.43. The highest BCUT2D eigenvalue weighted by molar-refractivity contribution is 5.92. The number of hydrogen-bond donors (Lipinski definition) is 2. The zero-order valence-electron chi connectivity index (χ0n) is 13.3. The van der Waals surface area contributed by atoms with E-state index >= 15 is 0 Å². The fourth-order valence-corrected chi connectivity index (χ4v) is 2.85. The Kier molecular flexibility index (Phi) is 5.37. The molecule has 0 radical (unpaired) electrons. The van der Waals surface area contributed by atoms with Gasteiger partial charge in [0.05, 0.1) is 6.54 Å². The number of nitrogens with zero attached hydrogens (tertiary/aromatic N) is 1. The van der Waals surface area contributed by atoms with E-state index in [9.17, 15) is 4.79 Å². The minimum absolute atomic E-state index is 0.0539. The summed E-state index contributed by atoms with van der Waals surface area (Å²) in [5.41, 5.74) is 8.08. The summed E-state index contributed by atoms with van der Waals surface area (Å²) >= 11 is 0. The number of piperidine rings is 1. The molecule has 1 amide bonds. The van der Waals surface area contributed by atoms with Crippen LogP contribution in [-0.2, 0) is 4.79 Å². The maximum atomic E-state index is 12.2. The highest BCUT2D eigenvalue weighted by atomic mass is 16.2. The Hall–Kier alpha value is -1.39. The molecule has 2 rings (SSSR count). The van der Waals surface area contributed by atoms with Crippen LogP contribution in [0.1, 0.15) is 45.1 Å². The lowest BCUT2D eigenvalue weighted by Gasteiger charge is -2.35. The number of anilines is 1. The summed E-state index contributed by atoms with van der Waals surface area (Å²) in [5, 5.41) is 3.00. The van der Waals surface area contributed by atoms with Gasteiger partial charge in [-0.2, -0.15) is 0 Å². The monoisotopic (exact) mass is 289 g/mol. The van der Waals surface area contributed by atoms with Crippen LogP contribution in [0.15, 0.2) is 24.3 Å². The van der Waals surface area contributed by atoms with Crippen LogP contribution in [0.2, 0.25) is 0 Å². The zero-order chi connectivity index (χ0) is 15.4. The third-order valence-electron chi connectivity index (χ3n) is 4.24. The highest BCUT2D eigenvalue weighted by Gasteiger charge is 2.24. The summed E-state index contributed by atoms with van der Waals surface area (Å²) in [5.74, 6) is 0.517. The molecule has 3 N–H and O–H groups in total. The van der Waals surface area contributed by atoms with Gasteiger partial charge < -0.3 is 11.1 Å². The highest BCUT2D eigenvalue weighted by Crippen LogP contribution is 2.19. The summed E-state index contributed by atoms with van der Waals surface area (Å²) in [6, 6.07) is 8.74. The Morgan fingerprint density at radius 1 is 1.48 bits per heavy atom. The average Bonchev–Trinajstić information content (AvgIpc) is 2.42. The van der Waals surface area contributed by atoms with Crippen molar-refractivity contribution in [1.82, 2.24) is 4.90 Å². The fourth-order valence-electron chi connectivity index (χ4n) is 2.85. The van der Waals surface area contributed by atoms with Crippen LogP contribution in [0, 0.1) is 0 Å². The van der Waals surface area contributed by atoms with Gasteiger partial charge in [0, 0.05) is 24.3 Å². The summed E-state index contributed by atoms with van der Waals surface area (Å²) in [7, 11) is 0. The number of amides is 1. The summed E-state index contributed by atoms with van der Waals surface area (Å²) < 4.78 is 0. The SMILES string of the molecule is CC(C)c1cccc(NC(=O)CN2CCC(N)CC2C)c1. The second-order valence-corrected chi connectivity index (χ2v) is 6.43. The van der Waals surface area contributed by atoms with Gasteiger partial charge in [0.2, 0.25) is 5.91 Å². The van der Waals surface area contributed by atoms with Crippen LogP contribution in [0.4, 0.5) is 5.69 Å². The van der Waals surface area contributed by atoms with Gasteiger partial charge in [0.1, 0.15) is 0 Å². The van der Waals surface area contributed by atoms with E-state index in [1.54, 1.807) is 0 Å². The molecule has 4 heteroatoms. The third kappa shape index (κ3) is 4.55.